The lowest BCUT2D eigenvalue weighted by Gasteiger charge is -2.17. The van der Waals surface area contributed by atoms with E-state index in [-0.39, 0.29) is 18.1 Å². The molecule has 0 saturated heterocycles. The summed E-state index contributed by atoms with van der Waals surface area (Å²) in [6.45, 7) is -0.00352. The molecule has 110 valence electrons. The summed E-state index contributed by atoms with van der Waals surface area (Å²) in [4.78, 5) is 24.3. The van der Waals surface area contributed by atoms with Crippen molar-refractivity contribution in [2.75, 3.05) is 0 Å². The van der Waals surface area contributed by atoms with E-state index in [4.69, 9.17) is 0 Å². The Bertz CT molecular complexity index is 727. The van der Waals surface area contributed by atoms with E-state index in [1.165, 1.54) is 34.8 Å². The molecule has 2 aromatic rings. The van der Waals surface area contributed by atoms with Gasteiger partial charge in [0.15, 0.2) is 5.65 Å². The van der Waals surface area contributed by atoms with Crippen LogP contribution in [-0.2, 0) is 11.3 Å². The van der Waals surface area contributed by atoms with Crippen LogP contribution in [0.15, 0.2) is 29.2 Å². The molecule has 2 saturated carbocycles. The second-order valence-electron chi connectivity index (χ2n) is 6.14. The first-order valence-electron chi connectivity index (χ1n) is 7.56. The maximum absolute atomic E-state index is 12.2. The molecule has 0 spiro atoms. The van der Waals surface area contributed by atoms with Crippen LogP contribution in [0.3, 0.4) is 0 Å². The highest BCUT2D eigenvalue weighted by Gasteiger charge is 2.42. The van der Waals surface area contributed by atoms with Crippen molar-refractivity contribution in [3.05, 3.63) is 34.9 Å². The zero-order chi connectivity index (χ0) is 14.4. The fourth-order valence-electron chi connectivity index (χ4n) is 2.97. The van der Waals surface area contributed by atoms with Crippen molar-refractivity contribution in [2.45, 2.75) is 38.3 Å². The molecule has 2 aliphatic rings. The third-order valence-electron chi connectivity index (χ3n) is 4.37. The average molecular weight is 286 g/mol. The van der Waals surface area contributed by atoms with E-state index >= 15 is 0 Å². The van der Waals surface area contributed by atoms with Gasteiger partial charge in [-0.25, -0.2) is 9.48 Å². The van der Waals surface area contributed by atoms with E-state index in [2.05, 4.69) is 10.4 Å². The molecular weight excluding hydrogens is 268 g/mol. The molecule has 0 unspecified atom stereocenters. The lowest BCUT2D eigenvalue weighted by Crippen LogP contribution is -2.41. The van der Waals surface area contributed by atoms with Gasteiger partial charge in [-0.2, -0.15) is 0 Å². The molecule has 6 nitrogen and oxygen atoms in total. The number of nitrogens with one attached hydrogen (secondary N) is 1. The number of carbonyl (C=O) groups is 1. The lowest BCUT2D eigenvalue weighted by atomic mass is 10.1. The van der Waals surface area contributed by atoms with Crippen LogP contribution >= 0.6 is 0 Å². The predicted molar refractivity (Wildman–Crippen MR) is 76.8 cm³/mol. The minimum Gasteiger partial charge on any atom is -0.351 e. The van der Waals surface area contributed by atoms with Crippen LogP contribution in [0, 0.1) is 11.8 Å². The van der Waals surface area contributed by atoms with E-state index in [1.54, 1.807) is 18.3 Å². The first kappa shape index (κ1) is 12.6. The summed E-state index contributed by atoms with van der Waals surface area (Å²) < 4.78 is 2.69. The van der Waals surface area contributed by atoms with E-state index in [1.807, 2.05) is 6.07 Å². The standard InChI is InChI=1S/C15H18N4O2/c20-13(16-14(10-4-5-10)11-6-7-11)9-19-15(21)18-8-2-1-3-12(18)17-19/h1-3,8,10-11,14H,4-7,9H2,(H,16,20). The van der Waals surface area contributed by atoms with E-state index in [0.717, 1.165) is 0 Å². The van der Waals surface area contributed by atoms with E-state index in [9.17, 15) is 9.59 Å². The number of amides is 1. The molecular formula is C15H18N4O2. The number of fused-ring (bicyclic) bond motifs is 1. The van der Waals surface area contributed by atoms with Crippen molar-refractivity contribution in [3.63, 3.8) is 0 Å². The Morgan fingerprint density at radius 2 is 2.00 bits per heavy atom. The predicted octanol–water partition coefficient (Wildman–Crippen LogP) is 0.801. The minimum atomic E-state index is -0.268. The Balaban J connectivity index is 1.50. The average Bonchev–Trinajstić information content (AvgIpc) is 3.37. The molecule has 2 fully saturated rings. The monoisotopic (exact) mass is 286 g/mol. The maximum atomic E-state index is 12.2. The summed E-state index contributed by atoms with van der Waals surface area (Å²) in [7, 11) is 0. The third kappa shape index (κ3) is 2.46. The highest BCUT2D eigenvalue weighted by atomic mass is 16.2. The van der Waals surface area contributed by atoms with Gasteiger partial charge in [0.2, 0.25) is 5.91 Å². The van der Waals surface area contributed by atoms with Gasteiger partial charge < -0.3 is 5.32 Å². The molecule has 2 aliphatic carbocycles. The molecule has 1 amide bonds. The smallest absolute Gasteiger partial charge is 0.350 e. The Kier molecular flexibility index (Phi) is 2.83. The largest absolute Gasteiger partial charge is 0.351 e. The molecule has 0 aliphatic heterocycles. The first-order chi connectivity index (χ1) is 10.2. The molecule has 2 heterocycles. The highest BCUT2D eigenvalue weighted by molar-refractivity contribution is 5.76. The van der Waals surface area contributed by atoms with Crippen LogP contribution in [0.1, 0.15) is 25.7 Å². The van der Waals surface area contributed by atoms with Gasteiger partial charge in [0.05, 0.1) is 0 Å². The summed E-state index contributed by atoms with van der Waals surface area (Å²) in [6.07, 6.45) is 6.54. The van der Waals surface area contributed by atoms with Gasteiger partial charge in [-0.15, -0.1) is 5.10 Å². The topological polar surface area (TPSA) is 68.4 Å². The Labute approximate surface area is 121 Å². The van der Waals surface area contributed by atoms with Crippen molar-refractivity contribution < 1.29 is 4.79 Å². The summed E-state index contributed by atoms with van der Waals surface area (Å²) in [5.74, 6) is 1.20. The molecule has 0 radical (unpaired) electrons. The van der Waals surface area contributed by atoms with Crippen LogP contribution in [0.5, 0.6) is 0 Å². The quantitative estimate of drug-likeness (QED) is 0.884. The summed E-state index contributed by atoms with van der Waals surface area (Å²) in [5.41, 5.74) is 0.298. The second-order valence-corrected chi connectivity index (χ2v) is 6.14. The minimum absolute atomic E-state index is 0.00352. The van der Waals surface area contributed by atoms with E-state index in [0.29, 0.717) is 23.5 Å². The van der Waals surface area contributed by atoms with Crippen molar-refractivity contribution in [3.8, 4) is 0 Å². The molecule has 0 bridgehead atoms. The third-order valence-corrected chi connectivity index (χ3v) is 4.37. The normalized spacial score (nSPS) is 18.3. The van der Waals surface area contributed by atoms with Gasteiger partial charge in [0, 0.05) is 12.2 Å². The van der Waals surface area contributed by atoms with Gasteiger partial charge >= 0.3 is 5.69 Å². The second kappa shape index (κ2) is 4.72. The van der Waals surface area contributed by atoms with Crippen molar-refractivity contribution in [2.24, 2.45) is 11.8 Å². The zero-order valence-electron chi connectivity index (χ0n) is 11.7. The number of nitrogens with zero attached hydrogens (tertiary/aromatic N) is 3. The molecule has 1 N–H and O–H groups in total. The van der Waals surface area contributed by atoms with Gasteiger partial charge in [-0.05, 0) is 49.7 Å². The summed E-state index contributed by atoms with van der Waals surface area (Å²) in [6, 6.07) is 5.66. The number of hydrogen-bond donors (Lipinski definition) is 1. The van der Waals surface area contributed by atoms with Crippen molar-refractivity contribution >= 4 is 11.6 Å². The van der Waals surface area contributed by atoms with Crippen LogP contribution in [0.4, 0.5) is 0 Å². The Hall–Kier alpha value is -2.11. The van der Waals surface area contributed by atoms with Crippen molar-refractivity contribution in [1.29, 1.82) is 0 Å². The number of carbonyl (C=O) groups excluding carboxylic acids is 1. The number of aromatic nitrogens is 3. The van der Waals surface area contributed by atoms with Crippen LogP contribution in [-0.4, -0.2) is 26.1 Å². The molecule has 21 heavy (non-hydrogen) atoms. The molecule has 4 rings (SSSR count). The van der Waals surface area contributed by atoms with E-state index < -0.39 is 0 Å². The van der Waals surface area contributed by atoms with Crippen LogP contribution in [0.25, 0.3) is 5.65 Å². The Morgan fingerprint density at radius 1 is 1.29 bits per heavy atom. The summed E-state index contributed by atoms with van der Waals surface area (Å²) in [5, 5.41) is 7.30. The molecule has 0 aromatic carbocycles. The molecule has 2 aromatic heterocycles. The van der Waals surface area contributed by atoms with Gasteiger partial charge in [-0.3, -0.25) is 9.20 Å². The van der Waals surface area contributed by atoms with Crippen LogP contribution < -0.4 is 11.0 Å². The number of pyridine rings is 1. The van der Waals surface area contributed by atoms with Crippen molar-refractivity contribution in [1.82, 2.24) is 19.5 Å². The zero-order valence-corrected chi connectivity index (χ0v) is 11.7. The van der Waals surface area contributed by atoms with Crippen LogP contribution in [0.2, 0.25) is 0 Å². The number of hydrogen-bond acceptors (Lipinski definition) is 3. The first-order valence-corrected chi connectivity index (χ1v) is 7.56. The maximum Gasteiger partial charge on any atom is 0.350 e. The molecule has 6 heteroatoms. The van der Waals surface area contributed by atoms with Gasteiger partial charge in [0.25, 0.3) is 0 Å². The van der Waals surface area contributed by atoms with Gasteiger partial charge in [-0.1, -0.05) is 6.07 Å². The fraction of sp³-hybridized carbons (Fsp3) is 0.533. The summed E-state index contributed by atoms with van der Waals surface area (Å²) >= 11 is 0. The van der Waals surface area contributed by atoms with Gasteiger partial charge in [0.1, 0.15) is 6.54 Å². The SMILES string of the molecule is O=C(Cn1nc2ccccn2c1=O)NC(C1CC1)C1CC1. The Morgan fingerprint density at radius 3 is 2.62 bits per heavy atom. The highest BCUT2D eigenvalue weighted by Crippen LogP contribution is 2.44. The lowest BCUT2D eigenvalue weighted by molar-refractivity contribution is -0.122. The molecule has 0 atom stereocenters. The fourth-order valence-corrected chi connectivity index (χ4v) is 2.97. The number of rotatable bonds is 5.